The standard InChI is InChI=1S/C17H23N3O2S/c1-16(2,3)10-7-9(8-11(13(10)22)17(4,5)6)12(21)14-19-20-15(18)23-14/h7-8,22H,1-6H3,(H2,18,20). The van der Waals surface area contributed by atoms with Gasteiger partial charge in [-0.2, -0.15) is 0 Å². The van der Waals surface area contributed by atoms with Gasteiger partial charge in [-0.3, -0.25) is 4.79 Å². The number of ketones is 1. The lowest BCUT2D eigenvalue weighted by Crippen LogP contribution is -2.19. The number of aromatic hydroxyl groups is 1. The number of carbonyl (C=O) groups is 1. The molecule has 0 saturated heterocycles. The van der Waals surface area contributed by atoms with E-state index in [1.807, 2.05) is 41.5 Å². The van der Waals surface area contributed by atoms with Gasteiger partial charge in [0.2, 0.25) is 10.9 Å². The highest BCUT2D eigenvalue weighted by molar-refractivity contribution is 7.17. The highest BCUT2D eigenvalue weighted by Crippen LogP contribution is 2.40. The number of hydrogen-bond donors (Lipinski definition) is 2. The van der Waals surface area contributed by atoms with Gasteiger partial charge in [0, 0.05) is 16.7 Å². The smallest absolute Gasteiger partial charge is 0.223 e. The van der Waals surface area contributed by atoms with Crippen molar-refractivity contribution >= 4 is 22.3 Å². The van der Waals surface area contributed by atoms with E-state index < -0.39 is 0 Å². The van der Waals surface area contributed by atoms with E-state index >= 15 is 0 Å². The van der Waals surface area contributed by atoms with Crippen LogP contribution in [0.15, 0.2) is 12.1 Å². The van der Waals surface area contributed by atoms with Crippen LogP contribution < -0.4 is 5.73 Å². The summed E-state index contributed by atoms with van der Waals surface area (Å²) >= 11 is 1.07. The monoisotopic (exact) mass is 333 g/mol. The van der Waals surface area contributed by atoms with Crippen molar-refractivity contribution in [3.8, 4) is 5.75 Å². The Kier molecular flexibility index (Phi) is 4.24. The zero-order valence-electron chi connectivity index (χ0n) is 14.4. The Labute approximate surface area is 140 Å². The van der Waals surface area contributed by atoms with Crippen molar-refractivity contribution < 1.29 is 9.90 Å². The molecular formula is C17H23N3O2S. The van der Waals surface area contributed by atoms with Crippen molar-refractivity contribution in [3.05, 3.63) is 33.8 Å². The molecule has 124 valence electrons. The van der Waals surface area contributed by atoms with Crippen LogP contribution in [-0.4, -0.2) is 21.1 Å². The Morgan fingerprint density at radius 3 is 1.87 bits per heavy atom. The Hall–Kier alpha value is -1.95. The number of benzene rings is 1. The summed E-state index contributed by atoms with van der Waals surface area (Å²) in [6, 6.07) is 3.48. The maximum Gasteiger partial charge on any atom is 0.223 e. The number of nitrogens with zero attached hydrogens (tertiary/aromatic N) is 2. The number of hydrogen-bond acceptors (Lipinski definition) is 6. The van der Waals surface area contributed by atoms with Crippen LogP contribution in [0.5, 0.6) is 5.75 Å². The van der Waals surface area contributed by atoms with Crippen molar-refractivity contribution in [2.75, 3.05) is 5.73 Å². The molecule has 1 aromatic heterocycles. The molecule has 0 amide bonds. The molecule has 5 nitrogen and oxygen atoms in total. The lowest BCUT2D eigenvalue weighted by atomic mass is 9.78. The van der Waals surface area contributed by atoms with Gasteiger partial charge in [0.15, 0.2) is 5.01 Å². The van der Waals surface area contributed by atoms with Gasteiger partial charge in [0.05, 0.1) is 0 Å². The van der Waals surface area contributed by atoms with Gasteiger partial charge in [0.1, 0.15) is 5.75 Å². The van der Waals surface area contributed by atoms with E-state index in [2.05, 4.69) is 10.2 Å². The van der Waals surface area contributed by atoms with E-state index in [1.165, 1.54) is 0 Å². The van der Waals surface area contributed by atoms with Crippen LogP contribution >= 0.6 is 11.3 Å². The van der Waals surface area contributed by atoms with E-state index in [0.29, 0.717) is 5.56 Å². The maximum atomic E-state index is 12.7. The molecule has 2 rings (SSSR count). The second-order valence-electron chi connectivity index (χ2n) is 7.69. The van der Waals surface area contributed by atoms with E-state index in [9.17, 15) is 9.90 Å². The molecule has 0 saturated carbocycles. The minimum Gasteiger partial charge on any atom is -0.507 e. The van der Waals surface area contributed by atoms with E-state index in [1.54, 1.807) is 12.1 Å². The van der Waals surface area contributed by atoms with Crippen LogP contribution in [0.2, 0.25) is 0 Å². The highest BCUT2D eigenvalue weighted by Gasteiger charge is 2.28. The van der Waals surface area contributed by atoms with Gasteiger partial charge in [0.25, 0.3) is 0 Å². The first-order valence-electron chi connectivity index (χ1n) is 7.43. The van der Waals surface area contributed by atoms with E-state index in [-0.39, 0.29) is 32.5 Å². The minimum absolute atomic E-state index is 0.227. The molecule has 6 heteroatoms. The fraction of sp³-hybridized carbons (Fsp3) is 0.471. The van der Waals surface area contributed by atoms with Crippen molar-refractivity contribution in [1.29, 1.82) is 0 Å². The summed E-state index contributed by atoms with van der Waals surface area (Å²) in [5.41, 5.74) is 6.96. The molecule has 0 atom stereocenters. The van der Waals surface area contributed by atoms with Crippen LogP contribution in [0.1, 0.15) is 68.0 Å². The Balaban J connectivity index is 2.67. The van der Waals surface area contributed by atoms with E-state index in [0.717, 1.165) is 22.5 Å². The molecule has 1 aromatic carbocycles. The Bertz CT molecular complexity index is 717. The second kappa shape index (κ2) is 5.60. The summed E-state index contributed by atoms with van der Waals surface area (Å²) in [7, 11) is 0. The zero-order chi connectivity index (χ0) is 17.6. The predicted molar refractivity (Wildman–Crippen MR) is 93.3 cm³/mol. The topological polar surface area (TPSA) is 89.1 Å². The van der Waals surface area contributed by atoms with Crippen LogP contribution in [0.3, 0.4) is 0 Å². The van der Waals surface area contributed by atoms with Gasteiger partial charge < -0.3 is 10.8 Å². The van der Waals surface area contributed by atoms with Gasteiger partial charge in [-0.05, 0) is 23.0 Å². The highest BCUT2D eigenvalue weighted by atomic mass is 32.1. The number of nitrogen functional groups attached to an aromatic ring is 1. The molecule has 1 heterocycles. The molecule has 0 fully saturated rings. The first kappa shape index (κ1) is 17.4. The third-order valence-corrected chi connectivity index (χ3v) is 4.37. The SMILES string of the molecule is CC(C)(C)c1cc(C(=O)c2nnc(N)s2)cc(C(C)(C)C)c1O. The molecule has 0 aliphatic heterocycles. The fourth-order valence-electron chi connectivity index (χ4n) is 2.36. The number of phenolic OH excluding ortho intramolecular Hbond substituents is 1. The third-order valence-electron chi connectivity index (χ3n) is 3.62. The molecule has 0 aliphatic carbocycles. The number of aromatic nitrogens is 2. The summed E-state index contributed by atoms with van der Waals surface area (Å²) in [6.07, 6.45) is 0. The maximum absolute atomic E-state index is 12.7. The Morgan fingerprint density at radius 1 is 1.04 bits per heavy atom. The number of rotatable bonds is 2. The normalized spacial score (nSPS) is 12.4. The Morgan fingerprint density at radius 2 is 1.52 bits per heavy atom. The largest absolute Gasteiger partial charge is 0.507 e. The van der Waals surface area contributed by atoms with Gasteiger partial charge in [-0.15, -0.1) is 10.2 Å². The average molecular weight is 333 g/mol. The van der Waals surface area contributed by atoms with E-state index in [4.69, 9.17) is 5.73 Å². The van der Waals surface area contributed by atoms with Crippen molar-refractivity contribution in [2.24, 2.45) is 0 Å². The molecule has 23 heavy (non-hydrogen) atoms. The fourth-order valence-corrected chi connectivity index (χ4v) is 2.93. The van der Waals surface area contributed by atoms with Crippen molar-refractivity contribution in [2.45, 2.75) is 52.4 Å². The minimum atomic E-state index is -0.291. The molecule has 2 aromatic rings. The lowest BCUT2D eigenvalue weighted by Gasteiger charge is -2.27. The average Bonchev–Trinajstić information content (AvgIpc) is 2.82. The first-order chi connectivity index (χ1) is 10.4. The summed E-state index contributed by atoms with van der Waals surface area (Å²) < 4.78 is 0. The van der Waals surface area contributed by atoms with Crippen LogP contribution in [0.4, 0.5) is 5.13 Å². The van der Waals surface area contributed by atoms with Crippen molar-refractivity contribution in [1.82, 2.24) is 10.2 Å². The number of anilines is 1. The lowest BCUT2D eigenvalue weighted by molar-refractivity contribution is 0.103. The molecular weight excluding hydrogens is 310 g/mol. The molecule has 0 unspecified atom stereocenters. The second-order valence-corrected chi connectivity index (χ2v) is 8.70. The summed E-state index contributed by atoms with van der Waals surface area (Å²) in [6.45, 7) is 12.0. The molecule has 0 spiro atoms. The van der Waals surface area contributed by atoms with Crippen LogP contribution in [0.25, 0.3) is 0 Å². The van der Waals surface area contributed by atoms with Gasteiger partial charge in [-0.25, -0.2) is 0 Å². The summed E-state index contributed by atoms with van der Waals surface area (Å²) in [5, 5.41) is 18.7. The summed E-state index contributed by atoms with van der Waals surface area (Å²) in [5.74, 6) is 0.0218. The van der Waals surface area contributed by atoms with Crippen LogP contribution in [-0.2, 0) is 10.8 Å². The zero-order valence-corrected chi connectivity index (χ0v) is 15.2. The predicted octanol–water partition coefficient (Wildman–Crippen LogP) is 3.65. The molecule has 0 radical (unpaired) electrons. The number of nitrogens with two attached hydrogens (primary N) is 1. The van der Waals surface area contributed by atoms with Gasteiger partial charge >= 0.3 is 0 Å². The van der Waals surface area contributed by atoms with Crippen molar-refractivity contribution in [3.63, 3.8) is 0 Å². The molecule has 3 N–H and O–H groups in total. The quantitative estimate of drug-likeness (QED) is 0.819. The third kappa shape index (κ3) is 3.52. The molecule has 0 aliphatic rings. The summed E-state index contributed by atoms with van der Waals surface area (Å²) in [4.78, 5) is 12.7. The van der Waals surface area contributed by atoms with Gasteiger partial charge in [-0.1, -0.05) is 52.9 Å². The molecule has 0 bridgehead atoms. The number of carbonyl (C=O) groups excluding carboxylic acids is 1. The first-order valence-corrected chi connectivity index (χ1v) is 8.24. The number of phenols is 1. The van der Waals surface area contributed by atoms with Crippen LogP contribution in [0, 0.1) is 0 Å².